The lowest BCUT2D eigenvalue weighted by Crippen LogP contribution is -2.20. The van der Waals surface area contributed by atoms with E-state index in [0.29, 0.717) is 6.10 Å². The van der Waals surface area contributed by atoms with Crippen LogP contribution in [0.15, 0.2) is 10.7 Å². The average Bonchev–Trinajstić information content (AvgIpc) is 2.92. The van der Waals surface area contributed by atoms with Crippen molar-refractivity contribution in [3.63, 3.8) is 0 Å². The van der Waals surface area contributed by atoms with Crippen molar-refractivity contribution in [2.24, 2.45) is 0 Å². The molecular formula is C10H16BrN3O. The fourth-order valence-electron chi connectivity index (χ4n) is 1.48. The van der Waals surface area contributed by atoms with Gasteiger partial charge in [-0.05, 0) is 30.0 Å². The molecule has 1 aliphatic heterocycles. The molecule has 5 heteroatoms. The van der Waals surface area contributed by atoms with Crippen LogP contribution in [0.25, 0.3) is 0 Å². The van der Waals surface area contributed by atoms with Crippen LogP contribution in [0, 0.1) is 0 Å². The van der Waals surface area contributed by atoms with E-state index >= 15 is 0 Å². The van der Waals surface area contributed by atoms with Gasteiger partial charge in [0.2, 0.25) is 0 Å². The molecule has 15 heavy (non-hydrogen) atoms. The smallest absolute Gasteiger partial charge is 0.0865 e. The molecule has 0 aromatic carbocycles. The second-order valence-electron chi connectivity index (χ2n) is 4.13. The summed E-state index contributed by atoms with van der Waals surface area (Å²) in [6.45, 7) is 2.83. The third kappa shape index (κ3) is 3.03. The number of hydrogen-bond donors (Lipinski definition) is 0. The average molecular weight is 274 g/mol. The van der Waals surface area contributed by atoms with Gasteiger partial charge in [-0.15, -0.1) is 0 Å². The molecule has 1 aliphatic rings. The fraction of sp³-hybridized carbons (Fsp3) is 0.700. The highest BCUT2D eigenvalue weighted by molar-refractivity contribution is 9.10. The van der Waals surface area contributed by atoms with Crippen molar-refractivity contribution in [2.45, 2.75) is 19.1 Å². The van der Waals surface area contributed by atoms with Crippen molar-refractivity contribution in [3.05, 3.63) is 16.4 Å². The van der Waals surface area contributed by atoms with Gasteiger partial charge in [0.15, 0.2) is 0 Å². The zero-order chi connectivity index (χ0) is 10.8. The molecule has 2 heterocycles. The van der Waals surface area contributed by atoms with Crippen LogP contribution in [-0.2, 0) is 17.7 Å². The van der Waals surface area contributed by atoms with Crippen molar-refractivity contribution < 1.29 is 4.74 Å². The Kier molecular flexibility index (Phi) is 3.43. The van der Waals surface area contributed by atoms with Crippen molar-refractivity contribution in [3.8, 4) is 0 Å². The molecular weight excluding hydrogens is 258 g/mol. The minimum Gasteiger partial charge on any atom is -0.373 e. The van der Waals surface area contributed by atoms with Crippen LogP contribution in [0.1, 0.15) is 5.69 Å². The van der Waals surface area contributed by atoms with E-state index < -0.39 is 0 Å². The maximum absolute atomic E-state index is 5.25. The predicted molar refractivity (Wildman–Crippen MR) is 61.9 cm³/mol. The third-order valence-electron chi connectivity index (χ3n) is 2.48. The summed E-state index contributed by atoms with van der Waals surface area (Å²) in [6.07, 6.45) is 3.25. The molecule has 1 atom stereocenters. The SMILES string of the molecule is CN(C)CCn1ncc(Br)c1CC1CO1. The van der Waals surface area contributed by atoms with E-state index in [9.17, 15) is 0 Å². The van der Waals surface area contributed by atoms with Gasteiger partial charge in [0.25, 0.3) is 0 Å². The van der Waals surface area contributed by atoms with Gasteiger partial charge in [-0.3, -0.25) is 4.68 Å². The Hall–Kier alpha value is -0.390. The van der Waals surface area contributed by atoms with Crippen LogP contribution in [0.4, 0.5) is 0 Å². The molecule has 1 saturated heterocycles. The fourth-order valence-corrected chi connectivity index (χ4v) is 1.94. The number of rotatable bonds is 5. The first kappa shape index (κ1) is 11.1. The molecule has 1 aromatic heterocycles. The monoisotopic (exact) mass is 273 g/mol. The molecule has 0 spiro atoms. The molecule has 1 fully saturated rings. The number of halogens is 1. The van der Waals surface area contributed by atoms with Crippen molar-refractivity contribution in [1.82, 2.24) is 14.7 Å². The zero-order valence-electron chi connectivity index (χ0n) is 9.11. The Labute approximate surface area is 98.3 Å². The van der Waals surface area contributed by atoms with Crippen LogP contribution in [0.3, 0.4) is 0 Å². The van der Waals surface area contributed by atoms with Gasteiger partial charge < -0.3 is 9.64 Å². The van der Waals surface area contributed by atoms with Crippen LogP contribution in [0.2, 0.25) is 0 Å². The summed E-state index contributed by atoms with van der Waals surface area (Å²) in [5.41, 5.74) is 1.25. The summed E-state index contributed by atoms with van der Waals surface area (Å²) in [5.74, 6) is 0. The van der Waals surface area contributed by atoms with Gasteiger partial charge in [-0.1, -0.05) is 0 Å². The summed E-state index contributed by atoms with van der Waals surface area (Å²) < 4.78 is 8.40. The first-order chi connectivity index (χ1) is 7.16. The number of ether oxygens (including phenoxy) is 1. The second-order valence-corrected chi connectivity index (χ2v) is 4.98. The summed E-state index contributed by atoms with van der Waals surface area (Å²) in [4.78, 5) is 2.16. The molecule has 0 bridgehead atoms. The van der Waals surface area contributed by atoms with E-state index in [2.05, 4.69) is 44.7 Å². The predicted octanol–water partition coefficient (Wildman–Crippen LogP) is 1.15. The summed E-state index contributed by atoms with van der Waals surface area (Å²) >= 11 is 3.53. The number of hydrogen-bond acceptors (Lipinski definition) is 3. The van der Waals surface area contributed by atoms with Crippen molar-refractivity contribution in [1.29, 1.82) is 0 Å². The maximum atomic E-state index is 5.25. The molecule has 2 rings (SSSR count). The highest BCUT2D eigenvalue weighted by atomic mass is 79.9. The van der Waals surface area contributed by atoms with E-state index in [4.69, 9.17) is 4.74 Å². The van der Waals surface area contributed by atoms with Crippen LogP contribution >= 0.6 is 15.9 Å². The lowest BCUT2D eigenvalue weighted by molar-refractivity contribution is 0.363. The van der Waals surface area contributed by atoms with E-state index in [0.717, 1.165) is 30.6 Å². The molecule has 0 saturated carbocycles. The van der Waals surface area contributed by atoms with Crippen LogP contribution in [-0.4, -0.2) is 48.0 Å². The van der Waals surface area contributed by atoms with Gasteiger partial charge in [0.1, 0.15) is 0 Å². The Balaban J connectivity index is 2.01. The van der Waals surface area contributed by atoms with Crippen molar-refractivity contribution >= 4 is 15.9 Å². The molecule has 84 valence electrons. The van der Waals surface area contributed by atoms with E-state index in [1.54, 1.807) is 0 Å². The van der Waals surface area contributed by atoms with E-state index in [1.165, 1.54) is 5.69 Å². The summed E-state index contributed by atoms with van der Waals surface area (Å²) in [6, 6.07) is 0. The van der Waals surface area contributed by atoms with Gasteiger partial charge in [-0.2, -0.15) is 5.10 Å². The molecule has 1 unspecified atom stereocenters. The minimum absolute atomic E-state index is 0.413. The molecule has 0 radical (unpaired) electrons. The summed E-state index contributed by atoms with van der Waals surface area (Å²) in [7, 11) is 4.14. The number of likely N-dealkylation sites (N-methyl/N-ethyl adjacent to an activating group) is 1. The number of epoxide rings is 1. The summed E-state index contributed by atoms with van der Waals surface area (Å²) in [5, 5.41) is 4.36. The number of aromatic nitrogens is 2. The first-order valence-corrected chi connectivity index (χ1v) is 5.92. The highest BCUT2D eigenvalue weighted by Crippen LogP contribution is 2.22. The minimum atomic E-state index is 0.413. The topological polar surface area (TPSA) is 33.6 Å². The standard InChI is InChI=1S/C10H16BrN3O/c1-13(2)3-4-14-10(5-8-7-15-8)9(11)6-12-14/h6,8H,3-5,7H2,1-2H3. The highest BCUT2D eigenvalue weighted by Gasteiger charge is 2.25. The van der Waals surface area contributed by atoms with Crippen molar-refractivity contribution in [2.75, 3.05) is 27.2 Å². The molecule has 1 aromatic rings. The maximum Gasteiger partial charge on any atom is 0.0865 e. The Morgan fingerprint density at radius 2 is 2.40 bits per heavy atom. The Morgan fingerprint density at radius 3 is 3.00 bits per heavy atom. The molecule has 0 amide bonds. The second kappa shape index (κ2) is 4.63. The van der Waals surface area contributed by atoms with Gasteiger partial charge in [-0.25, -0.2) is 0 Å². The normalized spacial score (nSPS) is 19.9. The van der Waals surface area contributed by atoms with Crippen LogP contribution in [0.5, 0.6) is 0 Å². The largest absolute Gasteiger partial charge is 0.373 e. The van der Waals surface area contributed by atoms with E-state index in [-0.39, 0.29) is 0 Å². The van der Waals surface area contributed by atoms with E-state index in [1.807, 2.05) is 6.20 Å². The molecule has 0 N–H and O–H groups in total. The first-order valence-electron chi connectivity index (χ1n) is 5.13. The Bertz CT molecular complexity index is 333. The zero-order valence-corrected chi connectivity index (χ0v) is 10.7. The van der Waals surface area contributed by atoms with Gasteiger partial charge in [0.05, 0.1) is 35.6 Å². The molecule has 0 aliphatic carbocycles. The lowest BCUT2D eigenvalue weighted by atomic mass is 10.2. The van der Waals surface area contributed by atoms with Crippen LogP contribution < -0.4 is 0 Å². The Morgan fingerprint density at radius 1 is 1.67 bits per heavy atom. The quantitative estimate of drug-likeness (QED) is 0.755. The lowest BCUT2D eigenvalue weighted by Gasteiger charge is -2.11. The number of nitrogens with zero attached hydrogens (tertiary/aromatic N) is 3. The van der Waals surface area contributed by atoms with Gasteiger partial charge in [0, 0.05) is 13.0 Å². The van der Waals surface area contributed by atoms with Gasteiger partial charge >= 0.3 is 0 Å². The third-order valence-corrected chi connectivity index (χ3v) is 3.14. The molecule has 4 nitrogen and oxygen atoms in total.